The Morgan fingerprint density at radius 1 is 1.17 bits per heavy atom. The van der Waals surface area contributed by atoms with Gasteiger partial charge in [0.25, 0.3) is 5.69 Å². The highest BCUT2D eigenvalue weighted by Gasteiger charge is 2.18. The van der Waals surface area contributed by atoms with Crippen LogP contribution in [0.15, 0.2) is 42.5 Å². The summed E-state index contributed by atoms with van der Waals surface area (Å²) in [5, 5.41) is 11.7. The Morgan fingerprint density at radius 2 is 1.83 bits per heavy atom. The first-order valence-electron chi connectivity index (χ1n) is 6.84. The van der Waals surface area contributed by atoms with E-state index in [2.05, 4.69) is 0 Å². The second kappa shape index (κ2) is 7.61. The number of carbonyl (C=O) groups excluding carboxylic acids is 1. The third-order valence-electron chi connectivity index (χ3n) is 3.25. The van der Waals surface area contributed by atoms with Crippen LogP contribution in [-0.4, -0.2) is 24.9 Å². The van der Waals surface area contributed by atoms with Crippen molar-refractivity contribution >= 4 is 29.1 Å². The molecule has 0 fully saturated rings. The summed E-state index contributed by atoms with van der Waals surface area (Å²) in [4.78, 5) is 22.8. The van der Waals surface area contributed by atoms with Gasteiger partial charge in [-0.2, -0.15) is 0 Å². The molecule has 0 spiro atoms. The van der Waals surface area contributed by atoms with Gasteiger partial charge in [-0.15, -0.1) is 0 Å². The molecule has 2 rings (SSSR count). The number of nitrogens with zero attached hydrogens (tertiary/aromatic N) is 1. The highest BCUT2D eigenvalue weighted by Crippen LogP contribution is 2.35. The third kappa shape index (κ3) is 3.91. The third-order valence-corrected chi connectivity index (χ3v) is 3.49. The molecule has 7 heteroatoms. The fraction of sp³-hybridized carbons (Fsp3) is 0.118. The van der Waals surface area contributed by atoms with Gasteiger partial charge in [0.05, 0.1) is 30.8 Å². The van der Waals surface area contributed by atoms with Crippen molar-refractivity contribution in [3.8, 4) is 11.5 Å². The fourth-order valence-corrected chi connectivity index (χ4v) is 2.27. The van der Waals surface area contributed by atoms with Crippen LogP contribution in [0.4, 0.5) is 5.69 Å². The molecule has 0 bridgehead atoms. The van der Waals surface area contributed by atoms with Crippen LogP contribution >= 0.6 is 11.6 Å². The molecule has 0 unspecified atom stereocenters. The summed E-state index contributed by atoms with van der Waals surface area (Å²) in [7, 11) is 2.81. The summed E-state index contributed by atoms with van der Waals surface area (Å²) < 4.78 is 10.2. The fourth-order valence-electron chi connectivity index (χ4n) is 2.08. The molecular weight excluding hydrogens is 334 g/mol. The number of hydrogen-bond acceptors (Lipinski definition) is 5. The van der Waals surface area contributed by atoms with Gasteiger partial charge in [0.1, 0.15) is 0 Å². The van der Waals surface area contributed by atoms with Crippen molar-refractivity contribution in [3.05, 3.63) is 68.7 Å². The summed E-state index contributed by atoms with van der Waals surface area (Å²) in [5.41, 5.74) is 0.428. The molecule has 0 N–H and O–H groups in total. The van der Waals surface area contributed by atoms with Gasteiger partial charge >= 0.3 is 0 Å². The van der Waals surface area contributed by atoms with Crippen molar-refractivity contribution in [1.82, 2.24) is 0 Å². The quantitative estimate of drug-likeness (QED) is 0.339. The largest absolute Gasteiger partial charge is 0.493 e. The molecule has 0 saturated carbocycles. The lowest BCUT2D eigenvalue weighted by molar-refractivity contribution is -0.385. The van der Waals surface area contributed by atoms with E-state index in [0.29, 0.717) is 16.3 Å². The average molecular weight is 348 g/mol. The maximum absolute atomic E-state index is 12.2. The van der Waals surface area contributed by atoms with E-state index in [-0.39, 0.29) is 22.8 Å². The lowest BCUT2D eigenvalue weighted by Gasteiger charge is -2.08. The molecule has 0 aromatic heterocycles. The summed E-state index contributed by atoms with van der Waals surface area (Å²) in [6.45, 7) is 0. The SMILES string of the molecule is COc1cc(/C=C/C(=O)c2cccc(Cl)c2)c([N+](=O)[O-])cc1OC. The summed E-state index contributed by atoms with van der Waals surface area (Å²) >= 11 is 5.85. The smallest absolute Gasteiger partial charge is 0.280 e. The van der Waals surface area contributed by atoms with E-state index in [0.717, 1.165) is 0 Å². The van der Waals surface area contributed by atoms with Crippen molar-refractivity contribution in [2.45, 2.75) is 0 Å². The van der Waals surface area contributed by atoms with Gasteiger partial charge in [0.15, 0.2) is 17.3 Å². The minimum atomic E-state index is -0.550. The number of rotatable bonds is 6. The van der Waals surface area contributed by atoms with Crippen molar-refractivity contribution in [2.24, 2.45) is 0 Å². The van der Waals surface area contributed by atoms with Crippen molar-refractivity contribution in [1.29, 1.82) is 0 Å². The number of allylic oxidation sites excluding steroid dienone is 1. The van der Waals surface area contributed by atoms with Crippen LogP contribution in [0.5, 0.6) is 11.5 Å². The van der Waals surface area contributed by atoms with E-state index < -0.39 is 4.92 Å². The summed E-state index contributed by atoms with van der Waals surface area (Å²) in [6, 6.07) is 9.14. The van der Waals surface area contributed by atoms with Crippen LogP contribution in [0.2, 0.25) is 5.02 Å². The molecule has 0 atom stereocenters. The molecule has 2 aromatic rings. The summed E-state index contributed by atoms with van der Waals surface area (Å²) in [6.07, 6.45) is 2.61. The van der Waals surface area contributed by atoms with Gasteiger partial charge < -0.3 is 9.47 Å². The molecule has 0 amide bonds. The number of hydrogen-bond donors (Lipinski definition) is 0. The molecule has 0 aliphatic heterocycles. The minimum Gasteiger partial charge on any atom is -0.493 e. The maximum atomic E-state index is 12.2. The van der Waals surface area contributed by atoms with Gasteiger partial charge in [-0.1, -0.05) is 23.7 Å². The Kier molecular flexibility index (Phi) is 5.55. The van der Waals surface area contributed by atoms with Crippen LogP contribution in [-0.2, 0) is 0 Å². The maximum Gasteiger partial charge on any atom is 0.280 e. The first-order valence-corrected chi connectivity index (χ1v) is 7.22. The highest BCUT2D eigenvalue weighted by molar-refractivity contribution is 6.31. The van der Waals surface area contributed by atoms with E-state index >= 15 is 0 Å². The standard InChI is InChI=1S/C17H14ClNO5/c1-23-16-9-11(14(19(21)22)10-17(16)24-2)6-7-15(20)12-4-3-5-13(18)8-12/h3-10H,1-2H3/b7-6+. The van der Waals surface area contributed by atoms with Gasteiger partial charge in [0, 0.05) is 10.6 Å². The lowest BCUT2D eigenvalue weighted by atomic mass is 10.1. The van der Waals surface area contributed by atoms with E-state index in [9.17, 15) is 14.9 Å². The first kappa shape index (κ1) is 17.5. The molecule has 124 valence electrons. The van der Waals surface area contributed by atoms with E-state index in [1.54, 1.807) is 18.2 Å². The van der Waals surface area contributed by atoms with Crippen molar-refractivity contribution < 1.29 is 19.2 Å². The normalized spacial score (nSPS) is 10.6. The topological polar surface area (TPSA) is 78.7 Å². The zero-order valence-corrected chi connectivity index (χ0v) is 13.7. The first-order chi connectivity index (χ1) is 11.5. The second-order valence-corrected chi connectivity index (χ2v) is 5.17. The molecule has 0 radical (unpaired) electrons. The molecule has 2 aromatic carbocycles. The van der Waals surface area contributed by atoms with Crippen molar-refractivity contribution in [3.63, 3.8) is 0 Å². The van der Waals surface area contributed by atoms with Gasteiger partial charge in [-0.3, -0.25) is 14.9 Å². The Hall–Kier alpha value is -2.86. The Labute approximate surface area is 143 Å². The molecule has 0 aliphatic carbocycles. The minimum absolute atomic E-state index is 0.192. The van der Waals surface area contributed by atoms with E-state index in [1.807, 2.05) is 0 Å². The van der Waals surface area contributed by atoms with Gasteiger partial charge in [0.2, 0.25) is 0 Å². The predicted molar refractivity (Wildman–Crippen MR) is 91.0 cm³/mol. The number of methoxy groups -OCH3 is 2. The molecule has 6 nitrogen and oxygen atoms in total. The molecular formula is C17H14ClNO5. The van der Waals surface area contributed by atoms with Crippen LogP contribution in [0, 0.1) is 10.1 Å². The van der Waals surface area contributed by atoms with Crippen LogP contribution < -0.4 is 9.47 Å². The van der Waals surface area contributed by atoms with Crippen LogP contribution in [0.1, 0.15) is 15.9 Å². The Balaban J connectivity index is 2.40. The van der Waals surface area contributed by atoms with E-state index in [1.165, 1.54) is 44.6 Å². The van der Waals surface area contributed by atoms with Crippen molar-refractivity contribution in [2.75, 3.05) is 14.2 Å². The Morgan fingerprint density at radius 3 is 2.42 bits per heavy atom. The number of ether oxygens (including phenoxy) is 2. The summed E-state index contributed by atoms with van der Waals surface area (Å²) in [5.74, 6) is 0.252. The zero-order valence-electron chi connectivity index (χ0n) is 13.0. The second-order valence-electron chi connectivity index (χ2n) is 4.73. The van der Waals surface area contributed by atoms with Gasteiger partial charge in [-0.05, 0) is 30.4 Å². The van der Waals surface area contributed by atoms with E-state index in [4.69, 9.17) is 21.1 Å². The Bertz CT molecular complexity index is 817. The zero-order chi connectivity index (χ0) is 17.7. The molecule has 0 aliphatic rings. The average Bonchev–Trinajstić information content (AvgIpc) is 2.58. The number of carbonyl (C=O) groups is 1. The number of benzene rings is 2. The lowest BCUT2D eigenvalue weighted by Crippen LogP contribution is -1.98. The molecule has 0 saturated heterocycles. The number of nitro benzene ring substituents is 1. The highest BCUT2D eigenvalue weighted by atomic mass is 35.5. The monoisotopic (exact) mass is 347 g/mol. The number of halogens is 1. The number of ketones is 1. The predicted octanol–water partition coefficient (Wildman–Crippen LogP) is 4.16. The number of nitro groups is 1. The molecule has 0 heterocycles. The van der Waals surface area contributed by atoms with Gasteiger partial charge in [-0.25, -0.2) is 0 Å². The van der Waals surface area contributed by atoms with Crippen LogP contribution in [0.25, 0.3) is 6.08 Å². The molecule has 24 heavy (non-hydrogen) atoms. The van der Waals surface area contributed by atoms with Crippen LogP contribution in [0.3, 0.4) is 0 Å².